The Labute approximate surface area is 174 Å². The number of rotatable bonds is 6. The molecule has 2 aliphatic rings. The molecule has 1 aliphatic carbocycles. The van der Waals surface area contributed by atoms with Gasteiger partial charge in [-0.25, -0.2) is 18.6 Å². The minimum absolute atomic E-state index is 0.0337. The van der Waals surface area contributed by atoms with E-state index in [1.54, 1.807) is 23.2 Å². The summed E-state index contributed by atoms with van der Waals surface area (Å²) in [7, 11) is 0. The number of aromatic nitrogens is 1. The lowest BCUT2D eigenvalue weighted by molar-refractivity contribution is 0.0145. The predicted octanol–water partition coefficient (Wildman–Crippen LogP) is 2.29. The number of nitrogens with zero attached hydrogens (tertiary/aromatic N) is 3. The van der Waals surface area contributed by atoms with Gasteiger partial charge in [-0.3, -0.25) is 4.79 Å². The Morgan fingerprint density at radius 3 is 2.43 bits per heavy atom. The van der Waals surface area contributed by atoms with Gasteiger partial charge in [0.25, 0.3) is 11.8 Å². The highest BCUT2D eigenvalue weighted by Crippen LogP contribution is 2.44. The second kappa shape index (κ2) is 8.71. The number of halogens is 2. The highest BCUT2D eigenvalue weighted by molar-refractivity contribution is 5.92. The fourth-order valence-corrected chi connectivity index (χ4v) is 3.01. The molecule has 2 amide bonds. The summed E-state index contributed by atoms with van der Waals surface area (Å²) in [6.07, 6.45) is 0.0132. The maximum Gasteiger partial charge on any atom is 0.410 e. The summed E-state index contributed by atoms with van der Waals surface area (Å²) in [5.41, 5.74) is 0.571. The first-order valence-corrected chi connectivity index (χ1v) is 10.0. The van der Waals surface area contributed by atoms with Crippen molar-refractivity contribution in [2.24, 2.45) is 0 Å². The van der Waals surface area contributed by atoms with Crippen LogP contribution in [0.4, 0.5) is 19.3 Å². The van der Waals surface area contributed by atoms with Crippen LogP contribution >= 0.6 is 0 Å². The predicted molar refractivity (Wildman–Crippen MR) is 106 cm³/mol. The molecule has 0 bridgehead atoms. The molecule has 1 saturated heterocycles. The van der Waals surface area contributed by atoms with Crippen LogP contribution in [0.5, 0.6) is 0 Å². The van der Waals surface area contributed by atoms with Gasteiger partial charge < -0.3 is 24.6 Å². The van der Waals surface area contributed by atoms with Crippen LogP contribution < -0.4 is 10.2 Å². The van der Waals surface area contributed by atoms with E-state index in [-0.39, 0.29) is 37.3 Å². The Morgan fingerprint density at radius 2 is 1.90 bits per heavy atom. The topological polar surface area (TPSA) is 84.0 Å². The first-order valence-electron chi connectivity index (χ1n) is 10.0. The molecular weight excluding hydrogens is 398 g/mol. The fourth-order valence-electron chi connectivity index (χ4n) is 3.01. The van der Waals surface area contributed by atoms with Gasteiger partial charge in [0.2, 0.25) is 0 Å². The molecule has 0 aromatic carbocycles. The largest absolute Gasteiger partial charge is 0.444 e. The molecular formula is C20H28F2N4O4. The summed E-state index contributed by atoms with van der Waals surface area (Å²) >= 11 is 0. The smallest absolute Gasteiger partial charge is 0.410 e. The first kappa shape index (κ1) is 22.2. The van der Waals surface area contributed by atoms with Gasteiger partial charge in [0, 0.05) is 39.1 Å². The zero-order valence-electron chi connectivity index (χ0n) is 17.5. The van der Waals surface area contributed by atoms with Gasteiger partial charge in [0.05, 0.1) is 18.5 Å². The molecule has 1 unspecified atom stereocenters. The third-order valence-electron chi connectivity index (χ3n) is 4.75. The number of pyridine rings is 1. The van der Waals surface area contributed by atoms with E-state index in [4.69, 9.17) is 9.47 Å². The Hall–Kier alpha value is -2.49. The molecule has 1 aromatic heterocycles. The van der Waals surface area contributed by atoms with E-state index < -0.39 is 17.6 Å². The maximum absolute atomic E-state index is 12.7. The van der Waals surface area contributed by atoms with Crippen LogP contribution in [0, 0.1) is 0 Å². The highest BCUT2D eigenvalue weighted by Gasteiger charge is 2.58. The average Bonchev–Trinajstić information content (AvgIpc) is 3.30. The first-order chi connectivity index (χ1) is 14.0. The number of carbonyl (C=O) groups excluding carboxylic acids is 2. The summed E-state index contributed by atoms with van der Waals surface area (Å²) in [5, 5.41) is 2.60. The molecule has 3 rings (SSSR count). The van der Waals surface area contributed by atoms with E-state index in [2.05, 4.69) is 15.2 Å². The third kappa shape index (κ3) is 6.01. The van der Waals surface area contributed by atoms with E-state index >= 15 is 0 Å². The lowest BCUT2D eigenvalue weighted by Crippen LogP contribution is -2.50. The van der Waals surface area contributed by atoms with Gasteiger partial charge in [-0.05, 0) is 32.9 Å². The summed E-state index contributed by atoms with van der Waals surface area (Å²) in [6, 6.07) is 3.41. The Bertz CT molecular complexity index is 759. The molecule has 30 heavy (non-hydrogen) atoms. The molecule has 1 aliphatic heterocycles. The number of anilines is 1. The number of carbonyl (C=O) groups is 2. The van der Waals surface area contributed by atoms with Crippen molar-refractivity contribution in [1.29, 1.82) is 0 Å². The van der Waals surface area contributed by atoms with Gasteiger partial charge >= 0.3 is 6.09 Å². The van der Waals surface area contributed by atoms with Crippen molar-refractivity contribution in [2.75, 3.05) is 44.2 Å². The number of ether oxygens (including phenoxy) is 2. The molecule has 10 heteroatoms. The van der Waals surface area contributed by atoms with E-state index in [1.165, 1.54) is 0 Å². The fraction of sp³-hybridized carbons (Fsp3) is 0.650. The minimum Gasteiger partial charge on any atom is -0.444 e. The van der Waals surface area contributed by atoms with Crippen molar-refractivity contribution >= 4 is 17.7 Å². The number of hydrogen-bond acceptors (Lipinski definition) is 6. The Morgan fingerprint density at radius 1 is 1.23 bits per heavy atom. The molecule has 166 valence electrons. The molecule has 0 radical (unpaired) electrons. The number of alkyl halides is 2. The van der Waals surface area contributed by atoms with Crippen LogP contribution in [-0.4, -0.2) is 78.8 Å². The zero-order chi connectivity index (χ0) is 21.9. The van der Waals surface area contributed by atoms with E-state index in [0.29, 0.717) is 26.2 Å². The minimum atomic E-state index is -2.72. The normalized spacial score (nSPS) is 20.6. The van der Waals surface area contributed by atoms with Crippen molar-refractivity contribution in [3.63, 3.8) is 0 Å². The molecule has 1 atom stereocenters. The van der Waals surface area contributed by atoms with Crippen LogP contribution in [0.25, 0.3) is 0 Å². The quantitative estimate of drug-likeness (QED) is 0.703. The standard InChI is InChI=1S/C20H28F2N4O4/c1-19(2,3)30-18(28)26-9-7-25(8-10-26)14-4-5-15(24-13-14)17(27)23-6-11-29-16-12-20(16,21)22/h4-5,13,16H,6-12H2,1-3H3,(H,23,27). The van der Waals surface area contributed by atoms with Crippen LogP contribution in [0.15, 0.2) is 18.3 Å². The van der Waals surface area contributed by atoms with E-state index in [9.17, 15) is 18.4 Å². The van der Waals surface area contributed by atoms with Gasteiger partial charge in [0.15, 0.2) is 0 Å². The number of hydrogen-bond donors (Lipinski definition) is 1. The van der Waals surface area contributed by atoms with Crippen molar-refractivity contribution < 1.29 is 27.8 Å². The highest BCUT2D eigenvalue weighted by atomic mass is 19.3. The zero-order valence-corrected chi connectivity index (χ0v) is 17.5. The summed E-state index contributed by atoms with van der Waals surface area (Å²) in [4.78, 5) is 32.2. The van der Waals surface area contributed by atoms with Crippen LogP contribution in [0.2, 0.25) is 0 Å². The molecule has 8 nitrogen and oxygen atoms in total. The molecule has 1 aromatic rings. The van der Waals surface area contributed by atoms with E-state index in [1.807, 2.05) is 20.8 Å². The van der Waals surface area contributed by atoms with Crippen LogP contribution in [0.1, 0.15) is 37.7 Å². The van der Waals surface area contributed by atoms with Gasteiger partial charge in [-0.1, -0.05) is 0 Å². The van der Waals surface area contributed by atoms with E-state index in [0.717, 1.165) is 5.69 Å². The maximum atomic E-state index is 12.7. The average molecular weight is 426 g/mol. The number of nitrogens with one attached hydrogen (secondary N) is 1. The number of amides is 2. The summed E-state index contributed by atoms with van der Waals surface area (Å²) in [6.45, 7) is 8.03. The van der Waals surface area contributed by atoms with Gasteiger partial charge in [-0.15, -0.1) is 0 Å². The second-order valence-electron chi connectivity index (χ2n) is 8.44. The van der Waals surface area contributed by atoms with Gasteiger partial charge in [-0.2, -0.15) is 0 Å². The molecule has 2 fully saturated rings. The third-order valence-corrected chi connectivity index (χ3v) is 4.75. The summed E-state index contributed by atoms with van der Waals surface area (Å²) in [5.74, 6) is -3.11. The lowest BCUT2D eigenvalue weighted by atomic mass is 10.2. The molecule has 0 spiro atoms. The molecule has 2 heterocycles. The molecule has 1 saturated carbocycles. The number of piperazine rings is 1. The van der Waals surface area contributed by atoms with Crippen molar-refractivity contribution in [1.82, 2.24) is 15.2 Å². The Balaban J connectivity index is 1.41. The van der Waals surface area contributed by atoms with Crippen molar-refractivity contribution in [2.45, 2.75) is 44.8 Å². The summed E-state index contributed by atoms with van der Waals surface area (Å²) < 4.78 is 35.8. The Kier molecular flexibility index (Phi) is 6.44. The van der Waals surface area contributed by atoms with Crippen molar-refractivity contribution in [3.8, 4) is 0 Å². The van der Waals surface area contributed by atoms with Crippen molar-refractivity contribution in [3.05, 3.63) is 24.0 Å². The monoisotopic (exact) mass is 426 g/mol. The van der Waals surface area contributed by atoms with Crippen LogP contribution in [0.3, 0.4) is 0 Å². The molecule has 1 N–H and O–H groups in total. The second-order valence-corrected chi connectivity index (χ2v) is 8.44. The lowest BCUT2D eigenvalue weighted by Gasteiger charge is -2.36. The van der Waals surface area contributed by atoms with Crippen LogP contribution in [-0.2, 0) is 9.47 Å². The SMILES string of the molecule is CC(C)(C)OC(=O)N1CCN(c2ccc(C(=O)NCCOC3CC3(F)F)nc2)CC1. The van der Waals surface area contributed by atoms with Gasteiger partial charge in [0.1, 0.15) is 17.4 Å².